The molecule has 0 bridgehead atoms. The lowest BCUT2D eigenvalue weighted by Gasteiger charge is -2.39. The predicted molar refractivity (Wildman–Crippen MR) is 393 cm³/mol. The van der Waals surface area contributed by atoms with Crippen LogP contribution < -0.4 is 31.9 Å². The Labute approximate surface area is 612 Å². The van der Waals surface area contributed by atoms with E-state index in [-0.39, 0.29) is 86.5 Å². The topological polar surface area (TPSA) is 320 Å². The van der Waals surface area contributed by atoms with Gasteiger partial charge in [-0.05, 0) is 114 Å². The largest absolute Gasteiger partial charge is 0.391 e. The van der Waals surface area contributed by atoms with Crippen LogP contribution in [-0.4, -0.2) is 256 Å². The summed E-state index contributed by atoms with van der Waals surface area (Å²) in [6.07, 6.45) is 15.1. The number of rotatable bonds is 16. The van der Waals surface area contributed by atoms with Crippen LogP contribution in [0.3, 0.4) is 0 Å². The molecule has 12 atom stereocenters. The van der Waals surface area contributed by atoms with Gasteiger partial charge in [0.25, 0.3) is 0 Å². The summed E-state index contributed by atoms with van der Waals surface area (Å²) in [5, 5.41) is 29.6. The molecule has 3 aliphatic carbocycles. The van der Waals surface area contributed by atoms with E-state index in [1.807, 2.05) is 41.5 Å². The first kappa shape index (κ1) is 84.8. The Morgan fingerprint density at radius 2 is 0.902 bits per heavy atom. The van der Waals surface area contributed by atoms with E-state index < -0.39 is 150 Å². The van der Waals surface area contributed by atoms with Crippen molar-refractivity contribution in [2.75, 3.05) is 73.5 Å². The monoisotopic (exact) mass is 1450 g/mol. The summed E-state index contributed by atoms with van der Waals surface area (Å²) in [5.74, 6) is -6.91. The van der Waals surface area contributed by atoms with Gasteiger partial charge < -0.3 is 71.3 Å². The maximum atomic E-state index is 15.8. The van der Waals surface area contributed by atoms with Crippen LogP contribution in [-0.2, 0) is 57.5 Å². The number of hydrogen-bond acceptors (Lipinski definition) is 15. The van der Waals surface area contributed by atoms with Crippen molar-refractivity contribution < 1.29 is 62.6 Å². The molecule has 7 N–H and O–H groups in total. The summed E-state index contributed by atoms with van der Waals surface area (Å²) in [4.78, 5) is 190. The van der Waals surface area contributed by atoms with Gasteiger partial charge in [-0.3, -0.25) is 57.5 Å². The number of hydrogen-bond donors (Lipinski definition) is 7. The second-order valence-electron chi connectivity index (χ2n) is 32.1. The molecule has 1 unspecified atom stereocenters. The van der Waals surface area contributed by atoms with Crippen molar-refractivity contribution >= 4 is 82.6 Å². The normalized spacial score (nSPS) is 29.5. The average Bonchev–Trinajstić information content (AvgIpc) is 0.874. The molecule has 6 rings (SSSR count). The van der Waals surface area contributed by atoms with Crippen LogP contribution in [0.1, 0.15) is 222 Å². The molecule has 12 amide bonds. The predicted octanol–water partition coefficient (Wildman–Crippen LogP) is 4.92. The van der Waals surface area contributed by atoms with Crippen molar-refractivity contribution in [2.24, 2.45) is 35.5 Å². The third-order valence-corrected chi connectivity index (χ3v) is 23.4. The summed E-state index contributed by atoms with van der Waals surface area (Å²) in [7, 11) is 8.72. The number of carbonyl (C=O) groups is 12. The van der Waals surface area contributed by atoms with E-state index >= 15 is 28.8 Å². The van der Waals surface area contributed by atoms with E-state index in [1.54, 1.807) is 23.7 Å². The van der Waals surface area contributed by atoms with E-state index in [9.17, 15) is 33.9 Å². The first-order chi connectivity index (χ1) is 48.3. The zero-order chi connectivity index (χ0) is 75.2. The maximum Gasteiger partial charge on any atom is 0.248 e. The molecule has 0 aromatic carbocycles. The van der Waals surface area contributed by atoms with E-state index in [1.165, 1.54) is 68.7 Å². The summed E-state index contributed by atoms with van der Waals surface area (Å²) < 4.78 is 0. The number of amides is 12. The summed E-state index contributed by atoms with van der Waals surface area (Å²) >= 11 is 1.62. The molecule has 0 spiro atoms. The van der Waals surface area contributed by atoms with Crippen molar-refractivity contribution in [1.29, 1.82) is 0 Å². The summed E-state index contributed by atoms with van der Waals surface area (Å²) in [5.41, 5.74) is 0. The highest BCUT2D eigenvalue weighted by atomic mass is 32.2. The first-order valence-electron chi connectivity index (χ1n) is 38.6. The zero-order valence-electron chi connectivity index (χ0n) is 64.2. The van der Waals surface area contributed by atoms with E-state index in [0.29, 0.717) is 37.6 Å². The third kappa shape index (κ3) is 24.8. The fraction of sp³-hybridized carbons (Fsp3) is 0.840. The maximum absolute atomic E-state index is 15.8. The third-order valence-electron chi connectivity index (χ3n) is 22.4. The van der Waals surface area contributed by atoms with Crippen LogP contribution in [0.25, 0.3) is 0 Å². The molecule has 0 aromatic rings. The number of likely N-dealkylation sites (tertiary alicyclic amines) is 1. The van der Waals surface area contributed by atoms with Gasteiger partial charge in [-0.2, -0.15) is 0 Å². The quantitative estimate of drug-likeness (QED) is 0.108. The fourth-order valence-electron chi connectivity index (χ4n) is 15.9. The Kier molecular flexibility index (Phi) is 34.1. The first-order valence-corrected chi connectivity index (χ1v) is 39.8. The van der Waals surface area contributed by atoms with Gasteiger partial charge in [0.15, 0.2) is 0 Å². The van der Waals surface area contributed by atoms with Crippen LogP contribution in [0.5, 0.6) is 0 Å². The molecular weight excluding hydrogens is 1320 g/mol. The highest BCUT2D eigenvalue weighted by molar-refractivity contribution is 7.99. The molecule has 3 saturated carbocycles. The summed E-state index contributed by atoms with van der Waals surface area (Å²) in [6.45, 7) is 14.2. The van der Waals surface area contributed by atoms with Gasteiger partial charge in [-0.1, -0.05) is 138 Å². The van der Waals surface area contributed by atoms with E-state index in [2.05, 4.69) is 31.9 Å². The molecule has 3 heterocycles. The second-order valence-corrected chi connectivity index (χ2v) is 33.1. The van der Waals surface area contributed by atoms with Gasteiger partial charge in [-0.25, -0.2) is 0 Å². The second kappa shape index (κ2) is 41.0. The van der Waals surface area contributed by atoms with Gasteiger partial charge >= 0.3 is 0 Å². The molecule has 102 heavy (non-hydrogen) atoms. The number of aliphatic hydroxyl groups excluding tert-OH is 1. The van der Waals surface area contributed by atoms with Crippen molar-refractivity contribution in [2.45, 2.75) is 295 Å². The number of aliphatic hydroxyl groups is 1. The number of nitrogens with zero attached hydrogens (tertiary/aromatic N) is 7. The highest BCUT2D eigenvalue weighted by Crippen LogP contribution is 2.33. The Balaban J connectivity index is 1.47. The Bertz CT molecular complexity index is 2820. The zero-order valence-corrected chi connectivity index (χ0v) is 65.0. The van der Waals surface area contributed by atoms with Crippen molar-refractivity contribution in [3.05, 3.63) is 0 Å². The minimum atomic E-state index is -1.63. The van der Waals surface area contributed by atoms with E-state index in [4.69, 9.17) is 0 Å². The molecule has 0 aromatic heterocycles. The van der Waals surface area contributed by atoms with Gasteiger partial charge in [0.1, 0.15) is 60.4 Å². The van der Waals surface area contributed by atoms with Crippen molar-refractivity contribution in [1.82, 2.24) is 66.2 Å². The Hall–Kier alpha value is -6.09. The lowest BCUT2D eigenvalue weighted by atomic mass is 9.83. The molecule has 26 nitrogen and oxygen atoms in total. The molecule has 3 saturated heterocycles. The van der Waals surface area contributed by atoms with Gasteiger partial charge in [0.2, 0.25) is 70.9 Å². The van der Waals surface area contributed by atoms with Crippen LogP contribution in [0, 0.1) is 35.5 Å². The summed E-state index contributed by atoms with van der Waals surface area (Å²) in [6, 6.07) is -12.8. The van der Waals surface area contributed by atoms with Crippen LogP contribution >= 0.6 is 11.8 Å². The SMILES string of the molecule is CC(C)C[C@@H]1NC(=O)[C@H](C)N(C)C(=O)C[C@@H](C(=O)N2CCCCC2)NC(=O)[C@H](CC(C)C)N(C)C(=O)CN(C)C(=O)[C@H]([C@@H](C)O)NC(=O)[C@H](CC2CSCN2)N(C)C(=O)[C@H](CC2CCCCC2)N(C)C(=O)[C@H](CC2CCCCC2)NC(=O)[C@H](CC2CCCCC2)NC(=O)[C@H](CC(C)C)N(C)C1=O. The molecule has 3 aliphatic heterocycles. The van der Waals surface area contributed by atoms with Gasteiger partial charge in [-0.15, -0.1) is 11.8 Å². The molecule has 27 heteroatoms. The Morgan fingerprint density at radius 3 is 1.42 bits per heavy atom. The van der Waals surface area contributed by atoms with Gasteiger partial charge in [0.05, 0.1) is 19.1 Å². The number of thioether (sulfide) groups is 1. The number of carbonyl (C=O) groups excluding carboxylic acids is 12. The molecule has 6 aliphatic rings. The van der Waals surface area contributed by atoms with Crippen LogP contribution in [0.15, 0.2) is 0 Å². The van der Waals surface area contributed by atoms with E-state index in [0.717, 1.165) is 113 Å². The lowest BCUT2D eigenvalue weighted by molar-refractivity contribution is -0.151. The van der Waals surface area contributed by atoms with Crippen LogP contribution in [0.2, 0.25) is 0 Å². The minimum absolute atomic E-state index is 0.0376. The minimum Gasteiger partial charge on any atom is -0.391 e. The van der Waals surface area contributed by atoms with Crippen LogP contribution in [0.4, 0.5) is 0 Å². The highest BCUT2D eigenvalue weighted by Gasteiger charge is 2.45. The smallest absolute Gasteiger partial charge is 0.248 e. The molecular formula is C75H129N13O13S. The Morgan fingerprint density at radius 1 is 0.451 bits per heavy atom. The van der Waals surface area contributed by atoms with Crippen molar-refractivity contribution in [3.63, 3.8) is 0 Å². The lowest BCUT2D eigenvalue weighted by Crippen LogP contribution is -2.62. The molecule has 578 valence electrons. The number of piperidine rings is 1. The standard InChI is InChI=1S/C75H129N13O13S/c1-46(2)35-56-71(97)85(12)60(37-48(5)6)69(95)77-55(38-51-27-19-15-20-28-51)67(93)79-57(39-52-29-21-16-22-30-52)72(98)87(14)62(40-53-31-23-17-24-32-53)74(100)86(13)61(41-54-44-102-45-76-54)70(96)81-65(50(8)89)75(101)82(9)43-64(91)84(11)59(36-47(3)4)68(94)80-58(73(99)88-33-25-18-26-34-88)42-63(90)83(10)49(7)66(92)78-56/h46-62,65,76,89H,15-45H2,1-14H3,(H,77,95)(H,78,92)(H,79,93)(H,80,94)(H,81,96)/t49-,50+,54?,55-,56-,57-,58-,59-,60-,61-,62-,65-/m0/s1. The molecule has 6 fully saturated rings. The van der Waals surface area contributed by atoms with Crippen molar-refractivity contribution in [3.8, 4) is 0 Å². The fourth-order valence-corrected chi connectivity index (χ4v) is 16.9. The number of nitrogens with one attached hydrogen (secondary N) is 6. The number of likely N-dealkylation sites (N-methyl/N-ethyl adjacent to an activating group) is 6. The van der Waals surface area contributed by atoms with Gasteiger partial charge in [0, 0.05) is 73.0 Å². The molecule has 0 radical (unpaired) electrons. The average molecular weight is 1450 g/mol.